The molecule has 25 heavy (non-hydrogen) atoms. The summed E-state index contributed by atoms with van der Waals surface area (Å²) in [6.07, 6.45) is 8.25. The Labute approximate surface area is 146 Å². The average Bonchev–Trinajstić information content (AvgIpc) is 2.55. The first-order valence-electron chi connectivity index (χ1n) is 8.15. The molecule has 8 heteroatoms. The molecule has 2 rings (SSSR count). The van der Waals surface area contributed by atoms with Gasteiger partial charge in [-0.15, -0.1) is 0 Å². The summed E-state index contributed by atoms with van der Waals surface area (Å²) in [4.78, 5) is 12.1. The first-order chi connectivity index (χ1) is 11.8. The molecule has 1 N–H and O–H groups in total. The highest BCUT2D eigenvalue weighted by Crippen LogP contribution is 2.21. The molecule has 0 bridgehead atoms. The van der Waals surface area contributed by atoms with Crippen LogP contribution in [0.25, 0.3) is 0 Å². The lowest BCUT2D eigenvalue weighted by atomic mass is 9.97. The second kappa shape index (κ2) is 8.42. The van der Waals surface area contributed by atoms with Crippen LogP contribution in [0.5, 0.6) is 0 Å². The molecule has 1 amide bonds. The summed E-state index contributed by atoms with van der Waals surface area (Å²) in [6, 6.07) is 2.71. The third-order valence-corrected chi connectivity index (χ3v) is 5.17. The van der Waals surface area contributed by atoms with Crippen LogP contribution in [-0.2, 0) is 14.8 Å². The van der Waals surface area contributed by atoms with Gasteiger partial charge in [-0.3, -0.25) is 9.10 Å². The van der Waals surface area contributed by atoms with Crippen LogP contribution in [0.3, 0.4) is 0 Å². The number of halogens is 2. The van der Waals surface area contributed by atoms with Crippen LogP contribution in [0.2, 0.25) is 0 Å². The van der Waals surface area contributed by atoms with Gasteiger partial charge in [0, 0.05) is 12.6 Å². The Kier molecular flexibility index (Phi) is 6.52. The number of hydrogen-bond acceptors (Lipinski definition) is 3. The van der Waals surface area contributed by atoms with Gasteiger partial charge in [0.1, 0.15) is 6.54 Å². The Morgan fingerprint density at radius 1 is 1.24 bits per heavy atom. The van der Waals surface area contributed by atoms with Crippen LogP contribution < -0.4 is 9.62 Å². The molecule has 0 fully saturated rings. The van der Waals surface area contributed by atoms with Gasteiger partial charge in [-0.05, 0) is 44.2 Å². The molecule has 1 aromatic rings. The number of carbonyl (C=O) groups is 1. The largest absolute Gasteiger partial charge is 0.354 e. The van der Waals surface area contributed by atoms with Gasteiger partial charge < -0.3 is 5.32 Å². The van der Waals surface area contributed by atoms with Gasteiger partial charge in [0.2, 0.25) is 15.9 Å². The molecule has 0 radical (unpaired) electrons. The minimum absolute atomic E-state index is 0.0912. The second-order valence-corrected chi connectivity index (χ2v) is 7.98. The zero-order chi connectivity index (χ0) is 18.4. The molecule has 0 aliphatic heterocycles. The van der Waals surface area contributed by atoms with E-state index in [0.717, 1.165) is 54.4 Å². The lowest BCUT2D eigenvalue weighted by Crippen LogP contribution is -2.40. The first kappa shape index (κ1) is 19.4. The summed E-state index contributed by atoms with van der Waals surface area (Å²) in [5.41, 5.74) is 1.21. The molecule has 1 aliphatic carbocycles. The van der Waals surface area contributed by atoms with Crippen molar-refractivity contribution in [2.24, 2.45) is 0 Å². The van der Waals surface area contributed by atoms with E-state index in [-0.39, 0.29) is 5.69 Å². The van der Waals surface area contributed by atoms with E-state index in [1.165, 1.54) is 12.0 Å². The van der Waals surface area contributed by atoms with E-state index >= 15 is 0 Å². The van der Waals surface area contributed by atoms with Crippen LogP contribution in [0.4, 0.5) is 14.5 Å². The Balaban J connectivity index is 1.98. The number of sulfonamides is 1. The van der Waals surface area contributed by atoms with Crippen LogP contribution >= 0.6 is 0 Å². The maximum atomic E-state index is 13.4. The highest BCUT2D eigenvalue weighted by molar-refractivity contribution is 7.92. The third-order valence-electron chi connectivity index (χ3n) is 4.03. The molecule has 0 unspecified atom stereocenters. The van der Waals surface area contributed by atoms with Gasteiger partial charge in [-0.25, -0.2) is 17.2 Å². The Hall–Kier alpha value is -1.96. The molecule has 138 valence electrons. The molecular weight excluding hydrogens is 350 g/mol. The topological polar surface area (TPSA) is 66.5 Å². The van der Waals surface area contributed by atoms with Crippen molar-refractivity contribution >= 4 is 21.6 Å². The zero-order valence-electron chi connectivity index (χ0n) is 14.1. The van der Waals surface area contributed by atoms with Crippen molar-refractivity contribution in [1.82, 2.24) is 5.32 Å². The molecule has 0 spiro atoms. The van der Waals surface area contributed by atoms with Crippen molar-refractivity contribution in [3.63, 3.8) is 0 Å². The molecule has 1 aromatic carbocycles. The number of rotatable bonds is 7. The average molecular weight is 372 g/mol. The lowest BCUT2D eigenvalue weighted by Gasteiger charge is -2.22. The number of benzene rings is 1. The Morgan fingerprint density at radius 3 is 2.60 bits per heavy atom. The van der Waals surface area contributed by atoms with Crippen molar-refractivity contribution < 1.29 is 22.0 Å². The molecular formula is C17H22F2N2O3S. The molecule has 5 nitrogen and oxygen atoms in total. The Morgan fingerprint density at radius 2 is 2.00 bits per heavy atom. The minimum Gasteiger partial charge on any atom is -0.354 e. The molecule has 0 aromatic heterocycles. The SMILES string of the molecule is CS(=O)(=O)N(CC(=O)NCCC1=CCCCC1)c1ccc(F)c(F)c1. The van der Waals surface area contributed by atoms with Crippen LogP contribution in [-0.4, -0.2) is 33.7 Å². The molecule has 0 heterocycles. The molecule has 0 atom stereocenters. The number of hydrogen-bond donors (Lipinski definition) is 1. The van der Waals surface area contributed by atoms with Gasteiger partial charge in [0.05, 0.1) is 11.9 Å². The van der Waals surface area contributed by atoms with E-state index in [2.05, 4.69) is 11.4 Å². The summed E-state index contributed by atoms with van der Waals surface area (Å²) < 4.78 is 51.0. The Bertz CT molecular complexity index is 763. The normalized spacial score (nSPS) is 14.8. The van der Waals surface area contributed by atoms with E-state index < -0.39 is 34.1 Å². The smallest absolute Gasteiger partial charge is 0.240 e. The van der Waals surface area contributed by atoms with Crippen LogP contribution in [0, 0.1) is 11.6 Å². The number of allylic oxidation sites excluding steroid dienone is 1. The number of nitrogens with one attached hydrogen (secondary N) is 1. The number of nitrogens with zero attached hydrogens (tertiary/aromatic N) is 1. The predicted molar refractivity (Wildman–Crippen MR) is 92.7 cm³/mol. The van der Waals surface area contributed by atoms with Crippen molar-refractivity contribution in [3.05, 3.63) is 41.5 Å². The zero-order valence-corrected chi connectivity index (χ0v) is 14.9. The standard InChI is InChI=1S/C17H22F2N2O3S/c1-25(23,24)21(14-7-8-15(18)16(19)11-14)12-17(22)20-10-9-13-5-3-2-4-6-13/h5,7-8,11H,2-4,6,9-10,12H2,1H3,(H,20,22). The molecule has 0 saturated carbocycles. The molecule has 0 saturated heterocycles. The van der Waals surface area contributed by atoms with Gasteiger partial charge in [-0.1, -0.05) is 11.6 Å². The van der Waals surface area contributed by atoms with Crippen molar-refractivity contribution in [3.8, 4) is 0 Å². The van der Waals surface area contributed by atoms with Gasteiger partial charge in [0.15, 0.2) is 11.6 Å². The van der Waals surface area contributed by atoms with Crippen LogP contribution in [0.15, 0.2) is 29.8 Å². The van der Waals surface area contributed by atoms with Gasteiger partial charge in [-0.2, -0.15) is 0 Å². The third kappa shape index (κ3) is 5.81. The fraction of sp³-hybridized carbons (Fsp3) is 0.471. The monoisotopic (exact) mass is 372 g/mol. The summed E-state index contributed by atoms with van der Waals surface area (Å²) in [6.45, 7) is -0.0665. The summed E-state index contributed by atoms with van der Waals surface area (Å²) in [7, 11) is -3.82. The maximum Gasteiger partial charge on any atom is 0.240 e. The van der Waals surface area contributed by atoms with Crippen molar-refractivity contribution in [2.45, 2.75) is 32.1 Å². The van der Waals surface area contributed by atoms with Crippen molar-refractivity contribution in [1.29, 1.82) is 0 Å². The van der Waals surface area contributed by atoms with E-state index in [0.29, 0.717) is 6.54 Å². The van der Waals surface area contributed by atoms with Crippen LogP contribution in [0.1, 0.15) is 32.1 Å². The van der Waals surface area contributed by atoms with Gasteiger partial charge in [0.25, 0.3) is 0 Å². The van der Waals surface area contributed by atoms with Gasteiger partial charge >= 0.3 is 0 Å². The maximum absolute atomic E-state index is 13.4. The molecule has 1 aliphatic rings. The lowest BCUT2D eigenvalue weighted by molar-refractivity contribution is -0.119. The van der Waals surface area contributed by atoms with Crippen molar-refractivity contribution in [2.75, 3.05) is 23.7 Å². The summed E-state index contributed by atoms with van der Waals surface area (Å²) in [5.74, 6) is -2.75. The minimum atomic E-state index is -3.82. The fourth-order valence-corrected chi connectivity index (χ4v) is 3.57. The van der Waals surface area contributed by atoms with E-state index in [9.17, 15) is 22.0 Å². The summed E-state index contributed by atoms with van der Waals surface area (Å²) in [5, 5.41) is 2.67. The fourth-order valence-electron chi connectivity index (χ4n) is 2.72. The number of amides is 1. The predicted octanol–water partition coefficient (Wildman–Crippen LogP) is 2.74. The second-order valence-electron chi connectivity index (χ2n) is 6.08. The quantitative estimate of drug-likeness (QED) is 0.749. The summed E-state index contributed by atoms with van der Waals surface area (Å²) >= 11 is 0. The number of anilines is 1. The highest BCUT2D eigenvalue weighted by Gasteiger charge is 2.22. The van der Waals surface area contributed by atoms with E-state index in [1.54, 1.807) is 0 Å². The van der Waals surface area contributed by atoms with E-state index in [1.807, 2.05) is 0 Å². The first-order valence-corrected chi connectivity index (χ1v) is 9.99. The van der Waals surface area contributed by atoms with E-state index in [4.69, 9.17) is 0 Å². The highest BCUT2D eigenvalue weighted by atomic mass is 32.2. The number of carbonyl (C=O) groups excluding carboxylic acids is 1.